The van der Waals surface area contributed by atoms with Gasteiger partial charge in [-0.3, -0.25) is 0 Å². The van der Waals surface area contributed by atoms with Gasteiger partial charge in [-0.05, 0) is 57.2 Å². The Labute approximate surface area is 111 Å². The van der Waals surface area contributed by atoms with Gasteiger partial charge < -0.3 is 10.0 Å². The summed E-state index contributed by atoms with van der Waals surface area (Å²) in [6.07, 6.45) is 3.78. The molecule has 0 radical (unpaired) electrons. The van der Waals surface area contributed by atoms with Crippen molar-refractivity contribution >= 4 is 0 Å². The van der Waals surface area contributed by atoms with E-state index in [0.717, 1.165) is 13.1 Å². The lowest BCUT2D eigenvalue weighted by atomic mass is 9.82. The SMILES string of the molecule is CN(CC1CCCc2ccccc21)CC(C)(C)O. The van der Waals surface area contributed by atoms with Crippen LogP contribution in [0.5, 0.6) is 0 Å². The first-order valence-electron chi connectivity index (χ1n) is 6.94. The standard InChI is InChI=1S/C16H25NO/c1-16(2,18)12-17(3)11-14-9-6-8-13-7-4-5-10-15(13)14/h4-5,7,10,14,18H,6,8-9,11-12H2,1-3H3. The molecular formula is C16H25NO. The van der Waals surface area contributed by atoms with E-state index in [1.165, 1.54) is 30.4 Å². The van der Waals surface area contributed by atoms with Gasteiger partial charge in [-0.25, -0.2) is 0 Å². The molecule has 1 aliphatic rings. The van der Waals surface area contributed by atoms with E-state index in [1.54, 1.807) is 0 Å². The van der Waals surface area contributed by atoms with Crippen LogP contribution in [0.25, 0.3) is 0 Å². The number of rotatable bonds is 4. The molecule has 1 aliphatic carbocycles. The summed E-state index contributed by atoms with van der Waals surface area (Å²) in [5, 5.41) is 9.87. The topological polar surface area (TPSA) is 23.5 Å². The first kappa shape index (κ1) is 13.6. The molecule has 0 amide bonds. The maximum Gasteiger partial charge on any atom is 0.0718 e. The van der Waals surface area contributed by atoms with E-state index < -0.39 is 5.60 Å². The van der Waals surface area contributed by atoms with Crippen LogP contribution >= 0.6 is 0 Å². The quantitative estimate of drug-likeness (QED) is 0.884. The highest BCUT2D eigenvalue weighted by Gasteiger charge is 2.23. The van der Waals surface area contributed by atoms with Crippen LogP contribution in [0, 0.1) is 0 Å². The number of likely N-dealkylation sites (N-methyl/N-ethyl adjacent to an activating group) is 1. The van der Waals surface area contributed by atoms with E-state index >= 15 is 0 Å². The summed E-state index contributed by atoms with van der Waals surface area (Å²) in [4.78, 5) is 2.26. The van der Waals surface area contributed by atoms with Gasteiger partial charge in [0, 0.05) is 13.1 Å². The second-order valence-corrected chi connectivity index (χ2v) is 6.30. The van der Waals surface area contributed by atoms with E-state index in [-0.39, 0.29) is 0 Å². The predicted molar refractivity (Wildman–Crippen MR) is 75.9 cm³/mol. The number of hydrogen-bond acceptors (Lipinski definition) is 2. The fourth-order valence-electron chi connectivity index (χ4n) is 3.15. The third kappa shape index (κ3) is 3.56. The molecule has 0 saturated heterocycles. The van der Waals surface area contributed by atoms with Gasteiger partial charge in [0.15, 0.2) is 0 Å². The summed E-state index contributed by atoms with van der Waals surface area (Å²) in [5.41, 5.74) is 2.43. The van der Waals surface area contributed by atoms with Crippen LogP contribution in [0.2, 0.25) is 0 Å². The summed E-state index contributed by atoms with van der Waals surface area (Å²) in [6, 6.07) is 8.82. The third-order valence-corrected chi connectivity index (χ3v) is 3.68. The van der Waals surface area contributed by atoms with Crippen LogP contribution in [0.4, 0.5) is 0 Å². The maximum atomic E-state index is 9.87. The Morgan fingerprint density at radius 3 is 2.78 bits per heavy atom. The number of aliphatic hydroxyl groups is 1. The van der Waals surface area contributed by atoms with Crippen molar-refractivity contribution in [3.05, 3.63) is 35.4 Å². The fourth-order valence-corrected chi connectivity index (χ4v) is 3.15. The zero-order valence-electron chi connectivity index (χ0n) is 11.8. The Bertz CT molecular complexity index is 394. The molecule has 1 atom stereocenters. The molecule has 0 bridgehead atoms. The highest BCUT2D eigenvalue weighted by atomic mass is 16.3. The summed E-state index contributed by atoms with van der Waals surface area (Å²) in [6.45, 7) is 5.52. The van der Waals surface area contributed by atoms with E-state index in [2.05, 4.69) is 36.2 Å². The Morgan fingerprint density at radius 1 is 1.33 bits per heavy atom. The molecular weight excluding hydrogens is 222 g/mol. The van der Waals surface area contributed by atoms with Gasteiger partial charge >= 0.3 is 0 Å². The Hall–Kier alpha value is -0.860. The predicted octanol–water partition coefficient (Wildman–Crippen LogP) is 2.81. The zero-order valence-corrected chi connectivity index (χ0v) is 11.8. The van der Waals surface area contributed by atoms with E-state index in [1.807, 2.05) is 13.8 Å². The van der Waals surface area contributed by atoms with Crippen molar-refractivity contribution < 1.29 is 5.11 Å². The Balaban J connectivity index is 2.03. The summed E-state index contributed by atoms with van der Waals surface area (Å²) >= 11 is 0. The van der Waals surface area contributed by atoms with Crippen LogP contribution in [-0.4, -0.2) is 35.7 Å². The second-order valence-electron chi connectivity index (χ2n) is 6.30. The van der Waals surface area contributed by atoms with Gasteiger partial charge in [-0.1, -0.05) is 24.3 Å². The molecule has 2 heteroatoms. The molecule has 2 rings (SSSR count). The summed E-state index contributed by atoms with van der Waals surface area (Å²) in [7, 11) is 2.11. The number of nitrogens with zero attached hydrogens (tertiary/aromatic N) is 1. The van der Waals surface area contributed by atoms with Gasteiger partial charge in [0.05, 0.1) is 5.60 Å². The largest absolute Gasteiger partial charge is 0.389 e. The van der Waals surface area contributed by atoms with Crippen molar-refractivity contribution in [3.8, 4) is 0 Å². The molecule has 1 unspecified atom stereocenters. The third-order valence-electron chi connectivity index (χ3n) is 3.68. The van der Waals surface area contributed by atoms with Crippen molar-refractivity contribution in [2.45, 2.75) is 44.6 Å². The molecule has 0 spiro atoms. The van der Waals surface area contributed by atoms with Crippen LogP contribution in [0.3, 0.4) is 0 Å². The van der Waals surface area contributed by atoms with Crippen molar-refractivity contribution in [3.63, 3.8) is 0 Å². The van der Waals surface area contributed by atoms with E-state index in [4.69, 9.17) is 0 Å². The lowest BCUT2D eigenvalue weighted by Crippen LogP contribution is -2.38. The molecule has 2 nitrogen and oxygen atoms in total. The van der Waals surface area contributed by atoms with Crippen molar-refractivity contribution in [1.82, 2.24) is 4.90 Å². The minimum Gasteiger partial charge on any atom is -0.389 e. The number of hydrogen-bond donors (Lipinski definition) is 1. The molecule has 0 heterocycles. The van der Waals surface area contributed by atoms with Crippen molar-refractivity contribution in [1.29, 1.82) is 0 Å². The first-order valence-corrected chi connectivity index (χ1v) is 6.94. The van der Waals surface area contributed by atoms with Crippen molar-refractivity contribution in [2.24, 2.45) is 0 Å². The smallest absolute Gasteiger partial charge is 0.0718 e. The molecule has 100 valence electrons. The van der Waals surface area contributed by atoms with E-state index in [9.17, 15) is 5.11 Å². The fraction of sp³-hybridized carbons (Fsp3) is 0.625. The van der Waals surface area contributed by atoms with Crippen LogP contribution in [0.1, 0.15) is 43.7 Å². The van der Waals surface area contributed by atoms with Crippen molar-refractivity contribution in [2.75, 3.05) is 20.1 Å². The highest BCUT2D eigenvalue weighted by molar-refractivity contribution is 5.32. The summed E-state index contributed by atoms with van der Waals surface area (Å²) in [5.74, 6) is 0.627. The first-order chi connectivity index (χ1) is 8.46. The Kier molecular flexibility index (Phi) is 4.08. The number of fused-ring (bicyclic) bond motifs is 1. The van der Waals surface area contributed by atoms with Gasteiger partial charge in [-0.15, -0.1) is 0 Å². The zero-order chi connectivity index (χ0) is 13.2. The minimum atomic E-state index is -0.608. The molecule has 0 aromatic heterocycles. The minimum absolute atomic E-state index is 0.608. The second kappa shape index (κ2) is 5.41. The van der Waals surface area contributed by atoms with Gasteiger partial charge in [0.2, 0.25) is 0 Å². The molecule has 0 fully saturated rings. The number of benzene rings is 1. The maximum absolute atomic E-state index is 9.87. The molecule has 0 saturated carbocycles. The van der Waals surface area contributed by atoms with Crippen LogP contribution in [0.15, 0.2) is 24.3 Å². The highest BCUT2D eigenvalue weighted by Crippen LogP contribution is 2.31. The average Bonchev–Trinajstić information content (AvgIpc) is 2.27. The number of aryl methyl sites for hydroxylation is 1. The van der Waals surface area contributed by atoms with Crippen LogP contribution < -0.4 is 0 Å². The van der Waals surface area contributed by atoms with Crippen LogP contribution in [-0.2, 0) is 6.42 Å². The van der Waals surface area contributed by atoms with Gasteiger partial charge in [0.1, 0.15) is 0 Å². The summed E-state index contributed by atoms with van der Waals surface area (Å²) < 4.78 is 0. The molecule has 1 aromatic carbocycles. The molecule has 18 heavy (non-hydrogen) atoms. The Morgan fingerprint density at radius 2 is 2.06 bits per heavy atom. The molecule has 1 aromatic rings. The lowest BCUT2D eigenvalue weighted by molar-refractivity contribution is 0.0424. The van der Waals surface area contributed by atoms with E-state index in [0.29, 0.717) is 5.92 Å². The monoisotopic (exact) mass is 247 g/mol. The molecule has 0 aliphatic heterocycles. The van der Waals surface area contributed by atoms with Gasteiger partial charge in [-0.2, -0.15) is 0 Å². The van der Waals surface area contributed by atoms with Gasteiger partial charge in [0.25, 0.3) is 0 Å². The lowest BCUT2D eigenvalue weighted by Gasteiger charge is -2.32. The average molecular weight is 247 g/mol. The molecule has 1 N–H and O–H groups in total. The normalized spacial score (nSPS) is 19.9.